The molecule has 0 bridgehead atoms. The summed E-state index contributed by atoms with van der Waals surface area (Å²) >= 11 is 0. The van der Waals surface area contributed by atoms with Crippen LogP contribution in [0.1, 0.15) is 6.42 Å². The summed E-state index contributed by atoms with van der Waals surface area (Å²) in [6.07, 6.45) is 0.953. The minimum absolute atomic E-state index is 0. The molecule has 3 saturated heterocycles. The zero-order chi connectivity index (χ0) is 15.4. The number of carbonyl (C=O) groups excluding carboxylic acids is 2. The SMILES string of the molecule is Cl.Cl.O=C(CN1CCN(C(=O)C2CCNC2)CC1)N1CCOCC1. The number of hydrogen-bond acceptors (Lipinski definition) is 5. The molecular formula is C15H28Cl2N4O3. The quantitative estimate of drug-likeness (QED) is 0.708. The summed E-state index contributed by atoms with van der Waals surface area (Å²) in [7, 11) is 0. The average molecular weight is 383 g/mol. The first-order valence-corrected chi connectivity index (χ1v) is 8.31. The van der Waals surface area contributed by atoms with Gasteiger partial charge in [0.15, 0.2) is 0 Å². The average Bonchev–Trinajstić information content (AvgIpc) is 3.10. The Hall–Kier alpha value is -0.600. The van der Waals surface area contributed by atoms with Gasteiger partial charge in [0.1, 0.15) is 0 Å². The fourth-order valence-electron chi connectivity index (χ4n) is 3.35. The molecule has 0 aromatic rings. The number of rotatable bonds is 3. The van der Waals surface area contributed by atoms with Crippen molar-refractivity contribution in [2.45, 2.75) is 6.42 Å². The number of amides is 2. The van der Waals surface area contributed by atoms with Crippen LogP contribution in [0.5, 0.6) is 0 Å². The van der Waals surface area contributed by atoms with Gasteiger partial charge in [-0.3, -0.25) is 14.5 Å². The standard InChI is InChI=1S/C15H26N4O3.2ClH/c20-14(18-7-9-22-10-8-18)12-17-3-5-19(6-4-17)15(21)13-1-2-16-11-13;;/h13,16H,1-12H2;2*1H. The first-order valence-electron chi connectivity index (χ1n) is 8.31. The smallest absolute Gasteiger partial charge is 0.236 e. The molecule has 0 saturated carbocycles. The van der Waals surface area contributed by atoms with Crippen LogP contribution in [-0.4, -0.2) is 98.6 Å². The van der Waals surface area contributed by atoms with Crippen molar-refractivity contribution in [3.05, 3.63) is 0 Å². The minimum atomic E-state index is 0. The minimum Gasteiger partial charge on any atom is -0.378 e. The molecule has 9 heteroatoms. The van der Waals surface area contributed by atoms with Crippen LogP contribution < -0.4 is 5.32 Å². The number of morpholine rings is 1. The molecular weight excluding hydrogens is 355 g/mol. The van der Waals surface area contributed by atoms with E-state index in [-0.39, 0.29) is 42.5 Å². The number of halogens is 2. The van der Waals surface area contributed by atoms with Crippen LogP contribution in [0, 0.1) is 5.92 Å². The molecule has 1 unspecified atom stereocenters. The Morgan fingerprint density at radius 2 is 1.62 bits per heavy atom. The Balaban J connectivity index is 0.00000144. The molecule has 0 spiro atoms. The molecule has 0 aromatic carbocycles. The number of nitrogens with zero attached hydrogens (tertiary/aromatic N) is 3. The van der Waals surface area contributed by atoms with E-state index >= 15 is 0 Å². The lowest BCUT2D eigenvalue weighted by Gasteiger charge is -2.36. The monoisotopic (exact) mass is 382 g/mol. The Labute approximate surface area is 155 Å². The van der Waals surface area contributed by atoms with Gasteiger partial charge >= 0.3 is 0 Å². The Bertz CT molecular complexity index is 408. The van der Waals surface area contributed by atoms with Gasteiger partial charge in [0.25, 0.3) is 0 Å². The Morgan fingerprint density at radius 3 is 2.21 bits per heavy atom. The highest BCUT2D eigenvalue weighted by atomic mass is 35.5. The fourth-order valence-corrected chi connectivity index (χ4v) is 3.35. The summed E-state index contributed by atoms with van der Waals surface area (Å²) in [5.74, 6) is 0.619. The summed E-state index contributed by atoms with van der Waals surface area (Å²) in [5, 5.41) is 3.25. The molecule has 3 fully saturated rings. The summed E-state index contributed by atoms with van der Waals surface area (Å²) in [6, 6.07) is 0. The molecule has 3 aliphatic rings. The molecule has 3 heterocycles. The number of ether oxygens (including phenoxy) is 1. The third kappa shape index (κ3) is 5.46. The maximum atomic E-state index is 12.4. The molecule has 140 valence electrons. The lowest BCUT2D eigenvalue weighted by Crippen LogP contribution is -2.53. The van der Waals surface area contributed by atoms with Crippen LogP contribution in [0.25, 0.3) is 0 Å². The Morgan fingerprint density at radius 1 is 0.958 bits per heavy atom. The van der Waals surface area contributed by atoms with Gasteiger partial charge in [0.2, 0.25) is 11.8 Å². The van der Waals surface area contributed by atoms with E-state index in [1.165, 1.54) is 0 Å². The van der Waals surface area contributed by atoms with E-state index in [4.69, 9.17) is 4.74 Å². The van der Waals surface area contributed by atoms with Gasteiger partial charge in [-0.25, -0.2) is 0 Å². The summed E-state index contributed by atoms with van der Waals surface area (Å²) in [5.41, 5.74) is 0. The van der Waals surface area contributed by atoms with Crippen molar-refractivity contribution < 1.29 is 14.3 Å². The Kier molecular flexibility index (Phi) is 9.30. The third-order valence-corrected chi connectivity index (χ3v) is 4.82. The summed E-state index contributed by atoms with van der Waals surface area (Å²) in [6.45, 7) is 7.98. The number of nitrogens with one attached hydrogen (secondary N) is 1. The van der Waals surface area contributed by atoms with Gasteiger partial charge < -0.3 is 19.9 Å². The number of carbonyl (C=O) groups is 2. The first kappa shape index (κ1) is 21.4. The summed E-state index contributed by atoms with van der Waals surface area (Å²) in [4.78, 5) is 30.6. The van der Waals surface area contributed by atoms with Crippen LogP contribution in [-0.2, 0) is 14.3 Å². The molecule has 2 amide bonds. The highest BCUT2D eigenvalue weighted by Crippen LogP contribution is 2.13. The molecule has 3 rings (SSSR count). The molecule has 1 atom stereocenters. The van der Waals surface area contributed by atoms with Crippen molar-refractivity contribution in [1.29, 1.82) is 0 Å². The molecule has 0 radical (unpaired) electrons. The van der Waals surface area contributed by atoms with Crippen molar-refractivity contribution in [3.8, 4) is 0 Å². The topological polar surface area (TPSA) is 65.1 Å². The van der Waals surface area contributed by atoms with Crippen molar-refractivity contribution in [1.82, 2.24) is 20.0 Å². The van der Waals surface area contributed by atoms with E-state index in [9.17, 15) is 9.59 Å². The van der Waals surface area contributed by atoms with Crippen molar-refractivity contribution in [3.63, 3.8) is 0 Å². The first-order chi connectivity index (χ1) is 10.7. The van der Waals surface area contributed by atoms with E-state index < -0.39 is 0 Å². The fraction of sp³-hybridized carbons (Fsp3) is 0.867. The molecule has 3 aliphatic heterocycles. The van der Waals surface area contributed by atoms with Gasteiger partial charge in [-0.05, 0) is 13.0 Å². The van der Waals surface area contributed by atoms with E-state index in [1.807, 2.05) is 9.80 Å². The molecule has 1 N–H and O–H groups in total. The zero-order valence-corrected chi connectivity index (χ0v) is 15.6. The van der Waals surface area contributed by atoms with Crippen LogP contribution in [0.3, 0.4) is 0 Å². The predicted octanol–water partition coefficient (Wildman–Crippen LogP) is -0.557. The van der Waals surface area contributed by atoms with Crippen molar-refractivity contribution in [2.75, 3.05) is 72.1 Å². The van der Waals surface area contributed by atoms with E-state index in [2.05, 4.69) is 10.2 Å². The van der Waals surface area contributed by atoms with Gasteiger partial charge in [-0.15, -0.1) is 24.8 Å². The van der Waals surface area contributed by atoms with Crippen molar-refractivity contribution >= 4 is 36.6 Å². The van der Waals surface area contributed by atoms with Gasteiger partial charge in [-0.1, -0.05) is 0 Å². The van der Waals surface area contributed by atoms with Crippen molar-refractivity contribution in [2.24, 2.45) is 5.92 Å². The number of piperazine rings is 1. The highest BCUT2D eigenvalue weighted by molar-refractivity contribution is 5.85. The van der Waals surface area contributed by atoms with E-state index in [0.717, 1.165) is 45.7 Å². The van der Waals surface area contributed by atoms with Crippen LogP contribution in [0.15, 0.2) is 0 Å². The van der Waals surface area contributed by atoms with Gasteiger partial charge in [-0.2, -0.15) is 0 Å². The molecule has 0 aliphatic carbocycles. The molecule has 0 aromatic heterocycles. The van der Waals surface area contributed by atoms with E-state index in [1.54, 1.807) is 0 Å². The lowest BCUT2D eigenvalue weighted by atomic mass is 10.1. The third-order valence-electron chi connectivity index (χ3n) is 4.82. The van der Waals surface area contributed by atoms with Crippen LogP contribution in [0.4, 0.5) is 0 Å². The van der Waals surface area contributed by atoms with Crippen LogP contribution >= 0.6 is 24.8 Å². The van der Waals surface area contributed by atoms with Crippen LogP contribution in [0.2, 0.25) is 0 Å². The zero-order valence-electron chi connectivity index (χ0n) is 13.9. The lowest BCUT2D eigenvalue weighted by molar-refractivity contribution is -0.139. The highest BCUT2D eigenvalue weighted by Gasteiger charge is 2.30. The maximum Gasteiger partial charge on any atom is 0.236 e. The molecule has 24 heavy (non-hydrogen) atoms. The normalized spacial score (nSPS) is 24.9. The molecule has 7 nitrogen and oxygen atoms in total. The second-order valence-corrected chi connectivity index (χ2v) is 6.28. The number of hydrogen-bond donors (Lipinski definition) is 1. The van der Waals surface area contributed by atoms with E-state index in [0.29, 0.717) is 32.8 Å². The van der Waals surface area contributed by atoms with Gasteiger partial charge in [0, 0.05) is 45.8 Å². The largest absolute Gasteiger partial charge is 0.378 e. The predicted molar refractivity (Wildman–Crippen MR) is 95.9 cm³/mol. The van der Waals surface area contributed by atoms with Gasteiger partial charge in [0.05, 0.1) is 25.7 Å². The second kappa shape index (κ2) is 10.4. The second-order valence-electron chi connectivity index (χ2n) is 6.28. The maximum absolute atomic E-state index is 12.4. The summed E-state index contributed by atoms with van der Waals surface area (Å²) < 4.78 is 5.27.